The number of aromatic nitrogens is 2. The third kappa shape index (κ3) is 5.82. The summed E-state index contributed by atoms with van der Waals surface area (Å²) in [4.78, 5) is 19.9. The van der Waals surface area contributed by atoms with Gasteiger partial charge in [0, 0.05) is 6.54 Å². The smallest absolute Gasteiger partial charge is 0.314 e. The molecule has 0 spiro atoms. The Balaban J connectivity index is 0.000000322. The van der Waals surface area contributed by atoms with E-state index in [1.807, 2.05) is 20.8 Å². The average Bonchev–Trinajstić information content (AvgIpc) is 2.91. The molecule has 1 fully saturated rings. The molecule has 1 atom stereocenters. The van der Waals surface area contributed by atoms with Crippen molar-refractivity contribution in [1.82, 2.24) is 15.1 Å². The van der Waals surface area contributed by atoms with Crippen LogP contribution < -0.4 is 5.32 Å². The van der Waals surface area contributed by atoms with Crippen molar-refractivity contribution in [2.75, 3.05) is 13.1 Å². The van der Waals surface area contributed by atoms with E-state index in [-0.39, 0.29) is 17.3 Å². The Morgan fingerprint density at radius 3 is 2.65 bits per heavy atom. The van der Waals surface area contributed by atoms with Crippen LogP contribution in [0.1, 0.15) is 45.3 Å². The molecule has 8 nitrogen and oxygen atoms in total. The molecule has 128 valence electrons. The highest BCUT2D eigenvalue weighted by atomic mass is 16.6. The van der Waals surface area contributed by atoms with Gasteiger partial charge in [-0.1, -0.05) is 6.58 Å². The third-order valence-electron chi connectivity index (χ3n) is 3.22. The first kappa shape index (κ1) is 18.8. The normalized spacial score (nSPS) is 17.6. The maximum atomic E-state index is 10.8. The van der Waals surface area contributed by atoms with Crippen LogP contribution >= 0.6 is 0 Å². The number of piperidine rings is 1. The second kappa shape index (κ2) is 8.42. The van der Waals surface area contributed by atoms with E-state index in [2.05, 4.69) is 21.7 Å². The summed E-state index contributed by atoms with van der Waals surface area (Å²) in [6.45, 7) is 11.3. The van der Waals surface area contributed by atoms with Gasteiger partial charge in [0.05, 0.1) is 11.0 Å². The summed E-state index contributed by atoms with van der Waals surface area (Å²) in [5.41, 5.74) is 0.209. The van der Waals surface area contributed by atoms with E-state index < -0.39 is 4.92 Å². The fraction of sp³-hybridized carbons (Fsp3) is 0.600. The van der Waals surface area contributed by atoms with E-state index in [1.54, 1.807) is 4.68 Å². The molecule has 1 aliphatic heterocycles. The van der Waals surface area contributed by atoms with E-state index in [1.165, 1.54) is 12.3 Å². The summed E-state index contributed by atoms with van der Waals surface area (Å²) < 4.78 is 6.25. The molecule has 1 unspecified atom stereocenters. The first-order valence-electron chi connectivity index (χ1n) is 7.46. The Bertz CT molecular complexity index is 542. The molecule has 0 amide bonds. The molecule has 1 aromatic rings. The summed E-state index contributed by atoms with van der Waals surface area (Å²) in [5, 5.41) is 18.1. The number of hydrogen-bond acceptors (Lipinski definition) is 6. The molecule has 1 saturated heterocycles. The monoisotopic (exact) mass is 324 g/mol. The number of nitro groups is 1. The number of ether oxygens (including phenoxy) is 1. The predicted octanol–water partition coefficient (Wildman–Crippen LogP) is 2.32. The minimum absolute atomic E-state index is 0.0283. The molecule has 2 heterocycles. The van der Waals surface area contributed by atoms with Crippen molar-refractivity contribution < 1.29 is 14.5 Å². The summed E-state index contributed by atoms with van der Waals surface area (Å²) in [5.74, 6) is 0. The molecule has 8 heteroatoms. The molecule has 1 aromatic heterocycles. The van der Waals surface area contributed by atoms with E-state index in [0.717, 1.165) is 25.9 Å². The van der Waals surface area contributed by atoms with Gasteiger partial charge in [-0.15, -0.1) is 0 Å². The number of carbonyl (C=O) groups excluding carboxylic acids is 1. The van der Waals surface area contributed by atoms with Crippen LogP contribution in [-0.4, -0.2) is 39.9 Å². The molecular formula is C15H24N4O4. The van der Waals surface area contributed by atoms with Crippen molar-refractivity contribution in [2.45, 2.75) is 45.3 Å². The molecule has 0 saturated carbocycles. The van der Waals surface area contributed by atoms with Gasteiger partial charge in [-0.25, -0.2) is 0 Å². The SMILES string of the molecule is C=Cc1c([N+](=O)[O-])cnn1C1CCCNC1.CC(C)(C)OC=O. The lowest BCUT2D eigenvalue weighted by Gasteiger charge is -2.23. The molecule has 0 bridgehead atoms. The van der Waals surface area contributed by atoms with Crippen molar-refractivity contribution in [3.05, 3.63) is 28.6 Å². The van der Waals surface area contributed by atoms with E-state index in [4.69, 9.17) is 0 Å². The molecule has 0 radical (unpaired) electrons. The zero-order valence-electron chi connectivity index (χ0n) is 13.8. The second-order valence-corrected chi connectivity index (χ2v) is 6.15. The van der Waals surface area contributed by atoms with Crippen LogP contribution in [-0.2, 0) is 9.53 Å². The van der Waals surface area contributed by atoms with Crippen LogP contribution in [0.25, 0.3) is 6.08 Å². The summed E-state index contributed by atoms with van der Waals surface area (Å²) in [7, 11) is 0. The number of nitrogens with one attached hydrogen (secondary N) is 1. The van der Waals surface area contributed by atoms with Gasteiger partial charge in [0.2, 0.25) is 0 Å². The summed E-state index contributed by atoms with van der Waals surface area (Å²) in [6.07, 6.45) is 4.85. The minimum Gasteiger partial charge on any atom is -0.462 e. The highest BCUT2D eigenvalue weighted by molar-refractivity contribution is 5.55. The highest BCUT2D eigenvalue weighted by Crippen LogP contribution is 2.25. The molecule has 0 aromatic carbocycles. The second-order valence-electron chi connectivity index (χ2n) is 6.15. The average molecular weight is 324 g/mol. The zero-order valence-corrected chi connectivity index (χ0v) is 13.8. The summed E-state index contributed by atoms with van der Waals surface area (Å²) >= 11 is 0. The molecule has 0 aliphatic carbocycles. The van der Waals surface area contributed by atoms with E-state index in [9.17, 15) is 14.9 Å². The molecule has 1 N–H and O–H groups in total. The summed E-state index contributed by atoms with van der Waals surface area (Å²) in [6, 6.07) is 0.190. The van der Waals surface area contributed by atoms with Crippen molar-refractivity contribution >= 4 is 18.2 Å². The first-order valence-corrected chi connectivity index (χ1v) is 7.46. The van der Waals surface area contributed by atoms with Crippen LogP contribution in [0.5, 0.6) is 0 Å². The van der Waals surface area contributed by atoms with Gasteiger partial charge in [0.1, 0.15) is 17.5 Å². The third-order valence-corrected chi connectivity index (χ3v) is 3.22. The minimum atomic E-state index is -0.420. The van der Waals surface area contributed by atoms with Gasteiger partial charge in [-0.05, 0) is 46.2 Å². The van der Waals surface area contributed by atoms with Gasteiger partial charge in [-0.3, -0.25) is 19.6 Å². The fourth-order valence-corrected chi connectivity index (χ4v) is 2.18. The van der Waals surface area contributed by atoms with Crippen molar-refractivity contribution in [3.63, 3.8) is 0 Å². The number of carbonyl (C=O) groups is 1. The topological polar surface area (TPSA) is 99.3 Å². The van der Waals surface area contributed by atoms with Crippen LogP contribution in [0.2, 0.25) is 0 Å². The molecular weight excluding hydrogens is 300 g/mol. The van der Waals surface area contributed by atoms with Crippen molar-refractivity contribution in [3.8, 4) is 0 Å². The van der Waals surface area contributed by atoms with Crippen LogP contribution in [0, 0.1) is 10.1 Å². The van der Waals surface area contributed by atoms with Crippen molar-refractivity contribution in [1.29, 1.82) is 0 Å². The van der Waals surface area contributed by atoms with Gasteiger partial charge >= 0.3 is 5.69 Å². The largest absolute Gasteiger partial charge is 0.462 e. The van der Waals surface area contributed by atoms with E-state index >= 15 is 0 Å². The quantitative estimate of drug-likeness (QED) is 0.518. The van der Waals surface area contributed by atoms with E-state index in [0.29, 0.717) is 12.2 Å². The van der Waals surface area contributed by atoms with Gasteiger partial charge in [-0.2, -0.15) is 5.10 Å². The maximum Gasteiger partial charge on any atom is 0.314 e. The molecule has 23 heavy (non-hydrogen) atoms. The van der Waals surface area contributed by atoms with Crippen LogP contribution in [0.4, 0.5) is 5.69 Å². The fourth-order valence-electron chi connectivity index (χ4n) is 2.18. The lowest BCUT2D eigenvalue weighted by atomic mass is 10.1. The van der Waals surface area contributed by atoms with Gasteiger partial charge in [0.25, 0.3) is 6.47 Å². The zero-order chi connectivity index (χ0) is 17.5. The lowest BCUT2D eigenvalue weighted by Crippen LogP contribution is -2.32. The Morgan fingerprint density at radius 2 is 2.26 bits per heavy atom. The highest BCUT2D eigenvalue weighted by Gasteiger charge is 2.24. The molecule has 1 aliphatic rings. The number of rotatable bonds is 4. The van der Waals surface area contributed by atoms with Gasteiger partial charge < -0.3 is 10.1 Å². The Kier molecular flexibility index (Phi) is 6.89. The Morgan fingerprint density at radius 1 is 1.57 bits per heavy atom. The Labute approximate surface area is 135 Å². The van der Waals surface area contributed by atoms with Crippen molar-refractivity contribution in [2.24, 2.45) is 0 Å². The lowest BCUT2D eigenvalue weighted by molar-refractivity contribution is -0.385. The Hall–Kier alpha value is -2.22. The first-order chi connectivity index (χ1) is 10.8. The predicted molar refractivity (Wildman–Crippen MR) is 87.0 cm³/mol. The standard InChI is InChI=1S/C10H14N4O2.C5H10O2/c1-2-9-10(14(15)16)7-12-13(9)8-4-3-5-11-6-8;1-5(2,3)7-4-6/h2,7-8,11H,1,3-6H2;4H,1-3H3. The van der Waals surface area contributed by atoms with Crippen LogP contribution in [0.15, 0.2) is 12.8 Å². The number of nitrogens with zero attached hydrogens (tertiary/aromatic N) is 3. The maximum absolute atomic E-state index is 10.8. The molecule has 2 rings (SSSR count). The number of hydrogen-bond donors (Lipinski definition) is 1. The van der Waals surface area contributed by atoms with Crippen LogP contribution in [0.3, 0.4) is 0 Å². The van der Waals surface area contributed by atoms with Gasteiger partial charge in [0.15, 0.2) is 0 Å².